The molecule has 1 aromatic rings. The van der Waals surface area contributed by atoms with Crippen molar-refractivity contribution in [3.63, 3.8) is 0 Å². The molecule has 5 heteroatoms. The molecule has 112 valence electrons. The van der Waals surface area contributed by atoms with Crippen LogP contribution in [0.1, 0.15) is 18.9 Å². The van der Waals surface area contributed by atoms with Gasteiger partial charge in [-0.3, -0.25) is 4.79 Å². The monoisotopic (exact) mass is 280 g/mol. The first-order valence-electron chi connectivity index (χ1n) is 6.79. The molecule has 0 aliphatic rings. The molecule has 1 aromatic carbocycles. The Balaban J connectivity index is 2.52. The van der Waals surface area contributed by atoms with Crippen LogP contribution in [0.3, 0.4) is 0 Å². The summed E-state index contributed by atoms with van der Waals surface area (Å²) in [5.74, 6) is 0.762. The molecule has 20 heavy (non-hydrogen) atoms. The first-order valence-corrected chi connectivity index (χ1v) is 6.79. The summed E-state index contributed by atoms with van der Waals surface area (Å²) < 4.78 is 10.3. The number of hydrogen-bond donors (Lipinski definition) is 1. The Morgan fingerprint density at radius 1 is 1.35 bits per heavy atom. The Morgan fingerprint density at radius 3 is 2.55 bits per heavy atom. The van der Waals surface area contributed by atoms with E-state index in [2.05, 4.69) is 0 Å². The summed E-state index contributed by atoms with van der Waals surface area (Å²) in [6, 6.07) is 7.21. The summed E-state index contributed by atoms with van der Waals surface area (Å²) >= 11 is 0. The Hall–Kier alpha value is -1.59. The van der Waals surface area contributed by atoms with Crippen molar-refractivity contribution in [3.8, 4) is 5.75 Å². The number of benzene rings is 1. The standard InChI is InChI=1S/C15H24N2O3/c1-4-20-13-7-5-12(6-8-13)11-17(2)15(18)14(16)9-10-19-3/h5-8,14H,4,9-11,16H2,1-3H3. The highest BCUT2D eigenvalue weighted by molar-refractivity contribution is 5.81. The topological polar surface area (TPSA) is 64.8 Å². The van der Waals surface area contributed by atoms with E-state index in [-0.39, 0.29) is 5.91 Å². The fourth-order valence-corrected chi connectivity index (χ4v) is 1.86. The van der Waals surface area contributed by atoms with E-state index in [0.717, 1.165) is 11.3 Å². The summed E-state index contributed by atoms with van der Waals surface area (Å²) in [6.45, 7) is 3.61. The number of carbonyl (C=O) groups excluding carboxylic acids is 1. The molecule has 0 aliphatic heterocycles. The van der Waals surface area contributed by atoms with Gasteiger partial charge in [-0.1, -0.05) is 12.1 Å². The van der Waals surface area contributed by atoms with Crippen LogP contribution in [0.25, 0.3) is 0 Å². The third kappa shape index (κ3) is 5.19. The van der Waals surface area contributed by atoms with Gasteiger partial charge in [0.05, 0.1) is 12.6 Å². The van der Waals surface area contributed by atoms with Crippen LogP contribution in [0.4, 0.5) is 0 Å². The van der Waals surface area contributed by atoms with E-state index in [1.165, 1.54) is 0 Å². The highest BCUT2D eigenvalue weighted by Crippen LogP contribution is 2.13. The molecule has 1 unspecified atom stereocenters. The van der Waals surface area contributed by atoms with Gasteiger partial charge >= 0.3 is 0 Å². The second-order valence-corrected chi connectivity index (χ2v) is 4.66. The van der Waals surface area contributed by atoms with Gasteiger partial charge < -0.3 is 20.1 Å². The number of rotatable bonds is 8. The maximum Gasteiger partial charge on any atom is 0.239 e. The Labute approximate surface area is 120 Å². The van der Waals surface area contributed by atoms with Gasteiger partial charge in [-0.05, 0) is 31.0 Å². The van der Waals surface area contributed by atoms with Crippen molar-refractivity contribution in [2.24, 2.45) is 5.73 Å². The van der Waals surface area contributed by atoms with Crippen molar-refractivity contribution in [3.05, 3.63) is 29.8 Å². The molecule has 1 atom stereocenters. The van der Waals surface area contributed by atoms with Gasteiger partial charge in [-0.2, -0.15) is 0 Å². The van der Waals surface area contributed by atoms with Crippen molar-refractivity contribution in [1.29, 1.82) is 0 Å². The van der Waals surface area contributed by atoms with Crippen LogP contribution >= 0.6 is 0 Å². The first kappa shape index (κ1) is 16.5. The zero-order valence-electron chi connectivity index (χ0n) is 12.5. The lowest BCUT2D eigenvalue weighted by Gasteiger charge is -2.21. The van der Waals surface area contributed by atoms with Crippen molar-refractivity contribution in [2.45, 2.75) is 25.9 Å². The first-order chi connectivity index (χ1) is 9.58. The van der Waals surface area contributed by atoms with Crippen LogP contribution in [0, 0.1) is 0 Å². The number of nitrogens with zero attached hydrogens (tertiary/aromatic N) is 1. The van der Waals surface area contributed by atoms with E-state index < -0.39 is 6.04 Å². The lowest BCUT2D eigenvalue weighted by atomic mass is 10.1. The molecule has 0 bridgehead atoms. The van der Waals surface area contributed by atoms with E-state index >= 15 is 0 Å². The number of methoxy groups -OCH3 is 1. The van der Waals surface area contributed by atoms with E-state index in [0.29, 0.717) is 26.2 Å². The maximum absolute atomic E-state index is 12.0. The SMILES string of the molecule is CCOc1ccc(CN(C)C(=O)C(N)CCOC)cc1. The molecule has 0 saturated carbocycles. The second-order valence-electron chi connectivity index (χ2n) is 4.66. The fraction of sp³-hybridized carbons (Fsp3) is 0.533. The highest BCUT2D eigenvalue weighted by atomic mass is 16.5. The minimum atomic E-state index is -0.511. The fourth-order valence-electron chi connectivity index (χ4n) is 1.86. The van der Waals surface area contributed by atoms with Crippen molar-refractivity contribution in [1.82, 2.24) is 4.90 Å². The normalized spacial score (nSPS) is 12.0. The lowest BCUT2D eigenvalue weighted by molar-refractivity contribution is -0.132. The Bertz CT molecular complexity index is 406. The summed E-state index contributed by atoms with van der Waals surface area (Å²) in [5, 5.41) is 0. The number of amides is 1. The maximum atomic E-state index is 12.0. The molecule has 1 rings (SSSR count). The largest absolute Gasteiger partial charge is 0.494 e. The molecule has 0 aliphatic carbocycles. The molecule has 0 heterocycles. The summed E-state index contributed by atoms with van der Waals surface area (Å²) in [5.41, 5.74) is 6.87. The molecule has 2 N–H and O–H groups in total. The molecule has 0 fully saturated rings. The van der Waals surface area contributed by atoms with Gasteiger partial charge in [-0.25, -0.2) is 0 Å². The molecule has 5 nitrogen and oxygen atoms in total. The van der Waals surface area contributed by atoms with Crippen molar-refractivity contribution >= 4 is 5.91 Å². The van der Waals surface area contributed by atoms with Gasteiger partial charge in [0.15, 0.2) is 0 Å². The molecule has 0 aromatic heterocycles. The van der Waals surface area contributed by atoms with E-state index in [9.17, 15) is 4.79 Å². The quantitative estimate of drug-likeness (QED) is 0.782. The third-order valence-corrected chi connectivity index (χ3v) is 2.98. The van der Waals surface area contributed by atoms with Gasteiger partial charge in [0.25, 0.3) is 0 Å². The number of likely N-dealkylation sites (N-methyl/N-ethyl adjacent to an activating group) is 1. The number of hydrogen-bond acceptors (Lipinski definition) is 4. The average Bonchev–Trinajstić information content (AvgIpc) is 2.46. The predicted octanol–water partition coefficient (Wildman–Crippen LogP) is 1.41. The molecule has 0 spiro atoms. The number of ether oxygens (including phenoxy) is 2. The van der Waals surface area contributed by atoms with Gasteiger partial charge in [-0.15, -0.1) is 0 Å². The number of nitrogens with two attached hydrogens (primary N) is 1. The summed E-state index contributed by atoms with van der Waals surface area (Å²) in [6.07, 6.45) is 0.531. The second kappa shape index (κ2) is 8.55. The number of carbonyl (C=O) groups is 1. The predicted molar refractivity (Wildman–Crippen MR) is 78.6 cm³/mol. The minimum absolute atomic E-state index is 0.0732. The van der Waals surface area contributed by atoms with Crippen LogP contribution in [0.5, 0.6) is 5.75 Å². The smallest absolute Gasteiger partial charge is 0.239 e. The van der Waals surface area contributed by atoms with Gasteiger partial charge in [0, 0.05) is 27.3 Å². The van der Waals surface area contributed by atoms with Crippen LogP contribution in [-0.4, -0.2) is 44.2 Å². The van der Waals surface area contributed by atoms with Gasteiger partial charge in [0.1, 0.15) is 5.75 Å². The van der Waals surface area contributed by atoms with Crippen LogP contribution < -0.4 is 10.5 Å². The minimum Gasteiger partial charge on any atom is -0.494 e. The zero-order chi connectivity index (χ0) is 15.0. The van der Waals surface area contributed by atoms with E-state index in [1.54, 1.807) is 19.1 Å². The average molecular weight is 280 g/mol. The van der Waals surface area contributed by atoms with Crippen LogP contribution in [-0.2, 0) is 16.1 Å². The van der Waals surface area contributed by atoms with Gasteiger partial charge in [0.2, 0.25) is 5.91 Å². The highest BCUT2D eigenvalue weighted by Gasteiger charge is 2.17. The summed E-state index contributed by atoms with van der Waals surface area (Å²) in [4.78, 5) is 13.7. The summed E-state index contributed by atoms with van der Waals surface area (Å²) in [7, 11) is 3.35. The molecule has 0 saturated heterocycles. The van der Waals surface area contributed by atoms with E-state index in [1.807, 2.05) is 31.2 Å². The van der Waals surface area contributed by atoms with Crippen molar-refractivity contribution < 1.29 is 14.3 Å². The van der Waals surface area contributed by atoms with Crippen LogP contribution in [0.2, 0.25) is 0 Å². The molecular weight excluding hydrogens is 256 g/mol. The lowest BCUT2D eigenvalue weighted by Crippen LogP contribution is -2.42. The third-order valence-electron chi connectivity index (χ3n) is 2.98. The van der Waals surface area contributed by atoms with Crippen LogP contribution in [0.15, 0.2) is 24.3 Å². The van der Waals surface area contributed by atoms with Crippen molar-refractivity contribution in [2.75, 3.05) is 27.4 Å². The molecule has 0 radical (unpaired) electrons. The van der Waals surface area contributed by atoms with E-state index in [4.69, 9.17) is 15.2 Å². The molecular formula is C15H24N2O3. The Morgan fingerprint density at radius 2 is 2.00 bits per heavy atom. The zero-order valence-corrected chi connectivity index (χ0v) is 12.5. The Kier molecular flexibility index (Phi) is 7.04. The molecule has 1 amide bonds.